The average molecular weight is 332 g/mol. The molecule has 0 unspecified atom stereocenters. The molecular formula is C18H24N2O4. The van der Waals surface area contributed by atoms with Crippen molar-refractivity contribution in [1.82, 2.24) is 4.90 Å². The van der Waals surface area contributed by atoms with Gasteiger partial charge in [-0.1, -0.05) is 19.4 Å². The van der Waals surface area contributed by atoms with E-state index in [0.717, 1.165) is 24.8 Å². The number of primary amides is 1. The Balaban J connectivity index is 2.06. The normalized spacial score (nSPS) is 13.5. The molecule has 0 bridgehead atoms. The third-order valence-electron chi connectivity index (χ3n) is 3.63. The van der Waals surface area contributed by atoms with Crippen LogP contribution in [0, 0.1) is 0 Å². The van der Waals surface area contributed by atoms with Gasteiger partial charge < -0.3 is 20.1 Å². The molecule has 24 heavy (non-hydrogen) atoms. The van der Waals surface area contributed by atoms with Crippen molar-refractivity contribution in [3.05, 3.63) is 29.8 Å². The highest BCUT2D eigenvalue weighted by Crippen LogP contribution is 2.30. The van der Waals surface area contributed by atoms with Crippen molar-refractivity contribution in [1.29, 1.82) is 0 Å². The Morgan fingerprint density at radius 2 is 2.00 bits per heavy atom. The molecule has 0 atom stereocenters. The van der Waals surface area contributed by atoms with E-state index in [9.17, 15) is 9.59 Å². The Bertz CT molecular complexity index is 613. The molecule has 2 amide bonds. The second-order valence-electron chi connectivity index (χ2n) is 5.67. The van der Waals surface area contributed by atoms with Crippen LogP contribution in [0.15, 0.2) is 24.3 Å². The lowest BCUT2D eigenvalue weighted by Crippen LogP contribution is -2.38. The highest BCUT2D eigenvalue weighted by molar-refractivity contribution is 5.94. The minimum atomic E-state index is -0.511. The lowest BCUT2D eigenvalue weighted by Gasteiger charge is -2.19. The average Bonchev–Trinajstić information content (AvgIpc) is 2.80. The molecule has 6 heteroatoms. The van der Waals surface area contributed by atoms with E-state index < -0.39 is 5.91 Å². The van der Waals surface area contributed by atoms with Crippen LogP contribution in [-0.2, 0) is 9.59 Å². The fraction of sp³-hybridized carbons (Fsp3) is 0.444. The smallest absolute Gasteiger partial charge is 0.247 e. The SMILES string of the molecule is CCCCN(CC(N)=O)C(=O)/C=C\c1ccc2c(c1)OCCCO2. The van der Waals surface area contributed by atoms with Crippen LogP contribution >= 0.6 is 0 Å². The molecule has 2 N–H and O–H groups in total. The van der Waals surface area contributed by atoms with Crippen LogP contribution in [-0.4, -0.2) is 43.0 Å². The number of unbranched alkanes of at least 4 members (excludes halogenated alkanes) is 1. The van der Waals surface area contributed by atoms with E-state index in [4.69, 9.17) is 15.2 Å². The topological polar surface area (TPSA) is 81.9 Å². The van der Waals surface area contributed by atoms with Crippen LogP contribution in [0.1, 0.15) is 31.7 Å². The zero-order valence-corrected chi connectivity index (χ0v) is 14.0. The number of fused-ring (bicyclic) bond motifs is 1. The molecule has 0 aromatic heterocycles. The van der Waals surface area contributed by atoms with Crippen molar-refractivity contribution in [3.8, 4) is 11.5 Å². The maximum absolute atomic E-state index is 12.3. The van der Waals surface area contributed by atoms with Gasteiger partial charge in [-0.3, -0.25) is 9.59 Å². The van der Waals surface area contributed by atoms with Gasteiger partial charge in [0.15, 0.2) is 11.5 Å². The van der Waals surface area contributed by atoms with Gasteiger partial charge in [0.25, 0.3) is 0 Å². The standard InChI is InChI=1S/C18H24N2O4/c1-2-3-9-20(13-17(19)21)18(22)8-6-14-5-7-15-16(12-14)24-11-4-10-23-15/h5-8,12H,2-4,9-11,13H2,1H3,(H2,19,21)/b8-6-. The van der Waals surface area contributed by atoms with Crippen molar-refractivity contribution in [2.75, 3.05) is 26.3 Å². The summed E-state index contributed by atoms with van der Waals surface area (Å²) in [6, 6.07) is 5.54. The largest absolute Gasteiger partial charge is 0.490 e. The van der Waals surface area contributed by atoms with Crippen molar-refractivity contribution >= 4 is 17.9 Å². The lowest BCUT2D eigenvalue weighted by atomic mass is 10.2. The Morgan fingerprint density at radius 1 is 1.25 bits per heavy atom. The predicted molar refractivity (Wildman–Crippen MR) is 91.8 cm³/mol. The van der Waals surface area contributed by atoms with E-state index in [0.29, 0.717) is 31.3 Å². The summed E-state index contributed by atoms with van der Waals surface area (Å²) < 4.78 is 11.2. The van der Waals surface area contributed by atoms with Gasteiger partial charge in [-0.15, -0.1) is 0 Å². The number of nitrogens with zero attached hydrogens (tertiary/aromatic N) is 1. The molecule has 1 heterocycles. The van der Waals surface area contributed by atoms with E-state index in [-0.39, 0.29) is 12.5 Å². The Labute approximate surface area is 142 Å². The van der Waals surface area contributed by atoms with Crippen LogP contribution in [0.25, 0.3) is 6.08 Å². The number of hydrogen-bond donors (Lipinski definition) is 1. The third-order valence-corrected chi connectivity index (χ3v) is 3.63. The molecule has 6 nitrogen and oxygen atoms in total. The van der Waals surface area contributed by atoms with Gasteiger partial charge in [-0.25, -0.2) is 0 Å². The van der Waals surface area contributed by atoms with Crippen LogP contribution < -0.4 is 15.2 Å². The number of carbonyl (C=O) groups excluding carboxylic acids is 2. The monoisotopic (exact) mass is 332 g/mol. The van der Waals surface area contributed by atoms with Crippen molar-refractivity contribution in [3.63, 3.8) is 0 Å². The fourth-order valence-corrected chi connectivity index (χ4v) is 2.36. The van der Waals surface area contributed by atoms with Gasteiger partial charge in [0.05, 0.1) is 19.8 Å². The van der Waals surface area contributed by atoms with Gasteiger partial charge in [-0.05, 0) is 30.2 Å². The zero-order valence-electron chi connectivity index (χ0n) is 14.0. The summed E-state index contributed by atoms with van der Waals surface area (Å²) in [5.41, 5.74) is 6.05. The first kappa shape index (κ1) is 17.8. The Hall–Kier alpha value is -2.50. The van der Waals surface area contributed by atoms with Gasteiger partial charge in [0.2, 0.25) is 11.8 Å². The number of rotatable bonds is 7. The molecular weight excluding hydrogens is 308 g/mol. The van der Waals surface area contributed by atoms with Crippen molar-refractivity contribution in [2.45, 2.75) is 26.2 Å². The number of amides is 2. The molecule has 0 aliphatic carbocycles. The van der Waals surface area contributed by atoms with E-state index in [2.05, 4.69) is 0 Å². The molecule has 0 saturated carbocycles. The fourth-order valence-electron chi connectivity index (χ4n) is 2.36. The molecule has 0 radical (unpaired) electrons. The van der Waals surface area contributed by atoms with Gasteiger partial charge in [0, 0.05) is 19.0 Å². The maximum Gasteiger partial charge on any atom is 0.247 e. The third kappa shape index (κ3) is 5.30. The summed E-state index contributed by atoms with van der Waals surface area (Å²) in [6.07, 6.45) is 5.78. The zero-order chi connectivity index (χ0) is 17.4. The molecule has 0 fully saturated rings. The lowest BCUT2D eigenvalue weighted by molar-refractivity contribution is -0.131. The van der Waals surface area contributed by atoms with Crippen LogP contribution in [0.2, 0.25) is 0 Å². The van der Waals surface area contributed by atoms with E-state index >= 15 is 0 Å². The molecule has 1 aliphatic rings. The predicted octanol–water partition coefficient (Wildman–Crippen LogP) is 1.98. The number of nitrogens with two attached hydrogens (primary N) is 1. The summed E-state index contributed by atoms with van der Waals surface area (Å²) >= 11 is 0. The number of carbonyl (C=O) groups is 2. The van der Waals surface area contributed by atoms with Crippen LogP contribution in [0.3, 0.4) is 0 Å². The minimum absolute atomic E-state index is 0.0652. The number of benzene rings is 1. The summed E-state index contributed by atoms with van der Waals surface area (Å²) in [6.45, 7) is 3.73. The first-order valence-corrected chi connectivity index (χ1v) is 8.25. The van der Waals surface area contributed by atoms with Crippen LogP contribution in [0.5, 0.6) is 11.5 Å². The molecule has 1 aliphatic heterocycles. The first-order chi connectivity index (χ1) is 11.6. The summed E-state index contributed by atoms with van der Waals surface area (Å²) in [4.78, 5) is 24.9. The summed E-state index contributed by atoms with van der Waals surface area (Å²) in [5.74, 6) is 0.661. The molecule has 0 spiro atoms. The molecule has 2 rings (SSSR count). The highest BCUT2D eigenvalue weighted by atomic mass is 16.5. The van der Waals surface area contributed by atoms with E-state index in [1.165, 1.54) is 11.0 Å². The molecule has 1 aromatic carbocycles. The van der Waals surface area contributed by atoms with Gasteiger partial charge in [-0.2, -0.15) is 0 Å². The Morgan fingerprint density at radius 3 is 2.71 bits per heavy atom. The van der Waals surface area contributed by atoms with Crippen molar-refractivity contribution in [2.24, 2.45) is 5.73 Å². The summed E-state index contributed by atoms with van der Waals surface area (Å²) in [5, 5.41) is 0. The van der Waals surface area contributed by atoms with E-state index in [1.54, 1.807) is 6.08 Å². The second-order valence-corrected chi connectivity index (χ2v) is 5.67. The second kappa shape index (κ2) is 8.96. The van der Waals surface area contributed by atoms with Gasteiger partial charge in [0.1, 0.15) is 0 Å². The van der Waals surface area contributed by atoms with Crippen LogP contribution in [0.4, 0.5) is 0 Å². The first-order valence-electron chi connectivity index (χ1n) is 8.25. The highest BCUT2D eigenvalue weighted by Gasteiger charge is 2.13. The molecule has 0 saturated heterocycles. The maximum atomic E-state index is 12.3. The summed E-state index contributed by atoms with van der Waals surface area (Å²) in [7, 11) is 0. The van der Waals surface area contributed by atoms with E-state index in [1.807, 2.05) is 25.1 Å². The molecule has 1 aromatic rings. The number of ether oxygens (including phenoxy) is 2. The molecule has 130 valence electrons. The quantitative estimate of drug-likeness (QED) is 0.774. The minimum Gasteiger partial charge on any atom is -0.490 e. The van der Waals surface area contributed by atoms with Crippen molar-refractivity contribution < 1.29 is 19.1 Å². The van der Waals surface area contributed by atoms with Gasteiger partial charge >= 0.3 is 0 Å². The number of hydrogen-bond acceptors (Lipinski definition) is 4. The Kier molecular flexibility index (Phi) is 6.66.